The van der Waals surface area contributed by atoms with E-state index in [0.29, 0.717) is 37.2 Å². The highest BCUT2D eigenvalue weighted by Crippen LogP contribution is 2.37. The second kappa shape index (κ2) is 20.6. The normalized spacial score (nSPS) is 11.8. The van der Waals surface area contributed by atoms with E-state index in [4.69, 9.17) is 9.47 Å². The number of aliphatic hydroxyl groups is 2. The molecule has 0 heterocycles. The first-order valence-corrected chi connectivity index (χ1v) is 20.5. The maximum Gasteiger partial charge on any atom is 0.333 e. The van der Waals surface area contributed by atoms with Gasteiger partial charge in [0, 0.05) is 17.4 Å². The molecule has 4 rings (SSSR count). The van der Waals surface area contributed by atoms with E-state index < -0.39 is 11.4 Å². The summed E-state index contributed by atoms with van der Waals surface area (Å²) in [6.45, 7) is 18.9. The molecule has 4 aromatic carbocycles. The fourth-order valence-electron chi connectivity index (χ4n) is 7.09. The second-order valence-electron chi connectivity index (χ2n) is 16.6. The molecule has 0 bridgehead atoms. The third-order valence-electron chi connectivity index (χ3n) is 10.9. The maximum atomic E-state index is 12.2. The Morgan fingerprint density at radius 3 is 1.76 bits per heavy atom. The van der Waals surface area contributed by atoms with Crippen molar-refractivity contribution in [3.05, 3.63) is 113 Å². The second-order valence-corrected chi connectivity index (χ2v) is 16.6. The van der Waals surface area contributed by atoms with Crippen molar-refractivity contribution in [2.75, 3.05) is 26.4 Å². The molecule has 0 radical (unpaired) electrons. The third-order valence-corrected chi connectivity index (χ3v) is 10.9. The molecule has 5 nitrogen and oxygen atoms in total. The van der Waals surface area contributed by atoms with E-state index in [2.05, 4.69) is 121 Å². The van der Waals surface area contributed by atoms with Gasteiger partial charge in [-0.1, -0.05) is 128 Å². The van der Waals surface area contributed by atoms with Crippen molar-refractivity contribution in [2.45, 2.75) is 113 Å². The van der Waals surface area contributed by atoms with Gasteiger partial charge in [0.15, 0.2) is 0 Å². The summed E-state index contributed by atoms with van der Waals surface area (Å²) in [5, 5.41) is 20.6. The molecule has 0 unspecified atom stereocenters. The molecule has 0 spiro atoms. The van der Waals surface area contributed by atoms with E-state index in [-0.39, 0.29) is 25.2 Å². The van der Waals surface area contributed by atoms with Crippen LogP contribution in [0.5, 0.6) is 5.75 Å². The molecule has 0 fully saturated rings. The summed E-state index contributed by atoms with van der Waals surface area (Å²) in [4.78, 5) is 12.2. The average molecular weight is 747 g/mol. The van der Waals surface area contributed by atoms with Crippen molar-refractivity contribution in [3.63, 3.8) is 0 Å². The first-order chi connectivity index (χ1) is 26.4. The summed E-state index contributed by atoms with van der Waals surface area (Å²) in [5.41, 5.74) is 12.0. The average Bonchev–Trinajstić information content (AvgIpc) is 3.19. The van der Waals surface area contributed by atoms with Gasteiger partial charge in [-0.25, -0.2) is 4.79 Å². The van der Waals surface area contributed by atoms with Crippen LogP contribution in [-0.4, -0.2) is 42.6 Å². The van der Waals surface area contributed by atoms with E-state index in [1.54, 1.807) is 6.92 Å². The molecule has 0 aliphatic carbocycles. The van der Waals surface area contributed by atoms with E-state index >= 15 is 0 Å². The molecular weight excluding hydrogens is 681 g/mol. The first kappa shape index (κ1) is 43.5. The number of carbonyl (C=O) groups excluding carboxylic acids is 1. The largest absolute Gasteiger partial charge is 0.493 e. The fourth-order valence-corrected chi connectivity index (χ4v) is 7.09. The number of rotatable bonds is 21. The minimum absolute atomic E-state index is 0.0970. The van der Waals surface area contributed by atoms with Crippen molar-refractivity contribution >= 4 is 5.97 Å². The number of carbonyl (C=O) groups is 1. The summed E-state index contributed by atoms with van der Waals surface area (Å²) in [5.74, 6) is 0.302. The van der Waals surface area contributed by atoms with Gasteiger partial charge >= 0.3 is 5.97 Å². The number of hydrogen-bond acceptors (Lipinski definition) is 5. The number of aryl methyl sites for hydroxylation is 3. The fraction of sp³-hybridized carbons (Fsp3) is 0.460. The van der Waals surface area contributed by atoms with Gasteiger partial charge in [0.25, 0.3) is 0 Å². The highest BCUT2D eigenvalue weighted by atomic mass is 16.5. The van der Waals surface area contributed by atoms with Gasteiger partial charge in [0.1, 0.15) is 5.75 Å². The minimum Gasteiger partial charge on any atom is -0.493 e. The Hall–Kier alpha value is -4.19. The number of hydrogen-bond donors (Lipinski definition) is 2. The molecule has 296 valence electrons. The lowest BCUT2D eigenvalue weighted by Crippen LogP contribution is -2.33. The van der Waals surface area contributed by atoms with E-state index in [1.807, 2.05) is 6.07 Å². The van der Waals surface area contributed by atoms with Crippen molar-refractivity contribution < 1.29 is 24.5 Å². The zero-order valence-electron chi connectivity index (χ0n) is 34.7. The zero-order valence-corrected chi connectivity index (χ0v) is 34.7. The van der Waals surface area contributed by atoms with Gasteiger partial charge in [-0.15, -0.1) is 0 Å². The molecule has 0 aliphatic heterocycles. The molecule has 0 saturated carbocycles. The molecular formula is C50H66O5. The number of ether oxygens (including phenoxy) is 2. The number of aliphatic hydroxyl groups excluding tert-OH is 2. The van der Waals surface area contributed by atoms with Crippen molar-refractivity contribution in [1.82, 2.24) is 0 Å². The predicted molar refractivity (Wildman–Crippen MR) is 230 cm³/mol. The van der Waals surface area contributed by atoms with Crippen LogP contribution >= 0.6 is 0 Å². The molecule has 0 aromatic heterocycles. The lowest BCUT2D eigenvalue weighted by atomic mass is 9.76. The lowest BCUT2D eigenvalue weighted by Gasteiger charge is -2.32. The van der Waals surface area contributed by atoms with Crippen molar-refractivity contribution in [2.24, 2.45) is 10.8 Å². The van der Waals surface area contributed by atoms with Crippen LogP contribution in [0.1, 0.15) is 109 Å². The number of esters is 1. The van der Waals surface area contributed by atoms with Crippen LogP contribution in [0, 0.1) is 10.8 Å². The Morgan fingerprint density at radius 2 is 1.22 bits per heavy atom. The Balaban J connectivity index is 1.59. The van der Waals surface area contributed by atoms with Gasteiger partial charge < -0.3 is 19.7 Å². The summed E-state index contributed by atoms with van der Waals surface area (Å²) in [6, 6.07) is 29.0. The molecule has 0 saturated heterocycles. The summed E-state index contributed by atoms with van der Waals surface area (Å²) in [6.07, 6.45) is 9.33. The standard InChI is InChI=1S/C50H66O5/c1-9-12-13-14-37-15-17-40(18-16-37)45-22-19-41(31-38(45)10-2)42-20-23-46(39(11-3)32-42)43-21-24-47(44(33-43)25-29-55-48(53)36(4)5)54-30-28-50(34-51,35-52)27-26-49(6,7)8/h15-24,31-33,51-52H,4,9-14,25-30,34-35H2,1-3,5-8H3. The van der Waals surface area contributed by atoms with Crippen LogP contribution in [0.15, 0.2) is 91.0 Å². The van der Waals surface area contributed by atoms with Gasteiger partial charge in [-0.3, -0.25) is 0 Å². The molecule has 4 aromatic rings. The minimum atomic E-state index is -0.612. The topological polar surface area (TPSA) is 76.0 Å². The smallest absolute Gasteiger partial charge is 0.333 e. The molecule has 0 amide bonds. The zero-order chi connectivity index (χ0) is 40.0. The Bertz CT molecular complexity index is 1840. The van der Waals surface area contributed by atoms with Gasteiger partial charge in [-0.05, 0) is 125 Å². The molecule has 2 N–H and O–H groups in total. The lowest BCUT2D eigenvalue weighted by molar-refractivity contribution is -0.138. The van der Waals surface area contributed by atoms with Crippen LogP contribution < -0.4 is 4.74 Å². The highest BCUT2D eigenvalue weighted by molar-refractivity contribution is 5.87. The highest BCUT2D eigenvalue weighted by Gasteiger charge is 2.30. The third kappa shape index (κ3) is 12.4. The van der Waals surface area contributed by atoms with Gasteiger partial charge in [0.2, 0.25) is 0 Å². The van der Waals surface area contributed by atoms with Gasteiger partial charge in [0.05, 0.1) is 26.4 Å². The Kier molecular flexibility index (Phi) is 16.3. The van der Waals surface area contributed by atoms with E-state index in [1.165, 1.54) is 58.2 Å². The quantitative estimate of drug-likeness (QED) is 0.0504. The van der Waals surface area contributed by atoms with E-state index in [0.717, 1.165) is 42.4 Å². The van der Waals surface area contributed by atoms with Crippen molar-refractivity contribution in [1.29, 1.82) is 0 Å². The Morgan fingerprint density at radius 1 is 0.655 bits per heavy atom. The number of unbranched alkanes of at least 4 members (excludes halogenated alkanes) is 2. The summed E-state index contributed by atoms with van der Waals surface area (Å²) >= 11 is 0. The molecule has 5 heteroatoms. The van der Waals surface area contributed by atoms with Gasteiger partial charge in [-0.2, -0.15) is 0 Å². The Labute approximate surface area is 331 Å². The predicted octanol–water partition coefficient (Wildman–Crippen LogP) is 11.8. The first-order valence-electron chi connectivity index (χ1n) is 20.5. The molecule has 0 atom stereocenters. The summed E-state index contributed by atoms with van der Waals surface area (Å²) in [7, 11) is 0. The van der Waals surface area contributed by atoms with Crippen LogP contribution in [-0.2, 0) is 35.2 Å². The van der Waals surface area contributed by atoms with Crippen LogP contribution in [0.25, 0.3) is 33.4 Å². The monoisotopic (exact) mass is 746 g/mol. The van der Waals surface area contributed by atoms with Crippen LogP contribution in [0.2, 0.25) is 0 Å². The molecule has 55 heavy (non-hydrogen) atoms. The molecule has 0 aliphatic rings. The SMILES string of the molecule is C=C(C)C(=O)OCCc1cc(-c2ccc(-c3ccc(-c4ccc(CCCCC)cc4)c(CC)c3)cc2CC)ccc1OCCC(CO)(CO)CCC(C)(C)C. The summed E-state index contributed by atoms with van der Waals surface area (Å²) < 4.78 is 11.9. The number of benzene rings is 4. The van der Waals surface area contributed by atoms with Crippen molar-refractivity contribution in [3.8, 4) is 39.1 Å². The van der Waals surface area contributed by atoms with E-state index in [9.17, 15) is 15.0 Å². The maximum absolute atomic E-state index is 12.2. The van der Waals surface area contributed by atoms with Crippen LogP contribution in [0.4, 0.5) is 0 Å². The van der Waals surface area contributed by atoms with Crippen LogP contribution in [0.3, 0.4) is 0 Å².